The van der Waals surface area contributed by atoms with Crippen LogP contribution in [-0.2, 0) is 14.4 Å². The molecule has 0 aliphatic carbocycles. The lowest BCUT2D eigenvalue weighted by Crippen LogP contribution is -2.52. The summed E-state index contributed by atoms with van der Waals surface area (Å²) in [6.45, 7) is 6.82. The molecule has 0 radical (unpaired) electrons. The van der Waals surface area contributed by atoms with Crippen LogP contribution < -0.4 is 9.47 Å². The van der Waals surface area contributed by atoms with Gasteiger partial charge >= 0.3 is 12.0 Å². The number of urea groups is 1. The maximum absolute atomic E-state index is 13.6. The Morgan fingerprint density at radius 1 is 1.07 bits per heavy atom. The Bertz CT molecular complexity index is 1090. The van der Waals surface area contributed by atoms with E-state index in [9.17, 15) is 24.3 Å². The second kappa shape index (κ2) is 13.3. The van der Waals surface area contributed by atoms with Crippen LogP contribution in [0.5, 0.6) is 11.5 Å². The van der Waals surface area contributed by atoms with E-state index in [2.05, 4.69) is 13.8 Å². The normalized spacial score (nSPS) is 22.7. The topological polar surface area (TPSA) is 120 Å². The third-order valence-corrected chi connectivity index (χ3v) is 8.33. The molecule has 4 rings (SSSR count). The first-order chi connectivity index (χ1) is 19.2. The average molecular weight is 559 g/mol. The zero-order chi connectivity index (χ0) is 28.8. The van der Waals surface area contributed by atoms with Crippen LogP contribution in [0, 0.1) is 5.92 Å². The first kappa shape index (κ1) is 29.6. The van der Waals surface area contributed by atoms with E-state index in [0.717, 1.165) is 36.1 Å². The highest BCUT2D eigenvalue weighted by Gasteiger charge is 2.47. The van der Waals surface area contributed by atoms with Gasteiger partial charge in [0, 0.05) is 58.2 Å². The minimum atomic E-state index is -0.936. The molecule has 0 saturated carbocycles. The van der Waals surface area contributed by atoms with E-state index < -0.39 is 17.9 Å². The van der Waals surface area contributed by atoms with Gasteiger partial charge in [0.05, 0.1) is 12.5 Å². The smallest absolute Gasteiger partial charge is 0.326 e. The summed E-state index contributed by atoms with van der Waals surface area (Å²) >= 11 is 0. The third kappa shape index (κ3) is 6.51. The zero-order valence-electron chi connectivity index (χ0n) is 23.8. The fraction of sp³-hybridized carbons (Fsp3) is 0.655. The molecular formula is C29H42N4O7. The highest BCUT2D eigenvalue weighted by molar-refractivity contribution is 5.96. The molecule has 11 heteroatoms. The molecule has 0 spiro atoms. The number of hydrogen-bond donors (Lipinski definition) is 1. The van der Waals surface area contributed by atoms with E-state index in [1.165, 1.54) is 7.05 Å². The van der Waals surface area contributed by atoms with Gasteiger partial charge in [0.2, 0.25) is 18.6 Å². The number of carboxylic acids is 1. The largest absolute Gasteiger partial charge is 0.481 e. The summed E-state index contributed by atoms with van der Waals surface area (Å²) in [4.78, 5) is 57.6. The van der Waals surface area contributed by atoms with Gasteiger partial charge in [-0.3, -0.25) is 24.2 Å². The summed E-state index contributed by atoms with van der Waals surface area (Å²) in [6.07, 6.45) is 4.41. The highest BCUT2D eigenvalue weighted by atomic mass is 16.7. The maximum Gasteiger partial charge on any atom is 0.326 e. The quantitative estimate of drug-likeness (QED) is 0.392. The molecule has 0 aromatic heterocycles. The Morgan fingerprint density at radius 3 is 2.45 bits per heavy atom. The number of hydrogen-bond acceptors (Lipinski definition) is 7. The maximum atomic E-state index is 13.6. The first-order valence-electron chi connectivity index (χ1n) is 14.4. The van der Waals surface area contributed by atoms with Crippen molar-refractivity contribution in [1.82, 2.24) is 19.6 Å². The van der Waals surface area contributed by atoms with E-state index in [4.69, 9.17) is 9.47 Å². The van der Waals surface area contributed by atoms with Crippen LogP contribution in [0.3, 0.4) is 0 Å². The molecule has 3 atom stereocenters. The Hall–Kier alpha value is -3.34. The number of carbonyl (C=O) groups is 4. The minimum Gasteiger partial charge on any atom is -0.481 e. The van der Waals surface area contributed by atoms with Crippen molar-refractivity contribution < 1.29 is 33.8 Å². The predicted octanol–water partition coefficient (Wildman–Crippen LogP) is 2.99. The van der Waals surface area contributed by atoms with Gasteiger partial charge in [-0.1, -0.05) is 32.8 Å². The number of ether oxygens (including phenoxy) is 2. The first-order valence-corrected chi connectivity index (χ1v) is 14.4. The Kier molecular flexibility index (Phi) is 9.89. The van der Waals surface area contributed by atoms with Gasteiger partial charge < -0.3 is 24.4 Å². The van der Waals surface area contributed by atoms with Crippen molar-refractivity contribution in [3.05, 3.63) is 23.8 Å². The molecular weight excluding hydrogens is 516 g/mol. The molecule has 40 heavy (non-hydrogen) atoms. The van der Waals surface area contributed by atoms with Gasteiger partial charge in [0.1, 0.15) is 0 Å². The Labute approximate surface area is 236 Å². The van der Waals surface area contributed by atoms with Gasteiger partial charge in [-0.25, -0.2) is 4.79 Å². The Balaban J connectivity index is 1.58. The van der Waals surface area contributed by atoms with Crippen LogP contribution in [0.1, 0.15) is 63.9 Å². The number of imide groups is 1. The minimum absolute atomic E-state index is 0.00162. The van der Waals surface area contributed by atoms with Crippen LogP contribution in [0.2, 0.25) is 0 Å². The molecule has 0 unspecified atom stereocenters. The van der Waals surface area contributed by atoms with Crippen LogP contribution in [0.15, 0.2) is 18.2 Å². The summed E-state index contributed by atoms with van der Waals surface area (Å²) in [5.74, 6) is -1.10. The third-order valence-electron chi connectivity index (χ3n) is 8.33. The molecule has 3 heterocycles. The lowest BCUT2D eigenvalue weighted by Gasteiger charge is -2.34. The molecule has 1 aromatic carbocycles. The van der Waals surface area contributed by atoms with E-state index >= 15 is 0 Å². The van der Waals surface area contributed by atoms with Crippen LogP contribution in [0.25, 0.3) is 0 Å². The van der Waals surface area contributed by atoms with Crippen molar-refractivity contribution in [2.45, 2.75) is 64.3 Å². The standard InChI is InChI=1S/C29H42N4O7/c1-4-6-12-31(13-7-5-2)26(35)18-33-17-21(20-8-9-23-24(16-20)40-19-39-23)27(28(36)37)22(33)10-14-32-15-11-25(34)30(3)29(32)38/h8-9,16,21-22,27H,4-7,10-15,17-19H2,1-3H3,(H,36,37)/t21-,22+,27-/m1/s1. The van der Waals surface area contributed by atoms with Crippen molar-refractivity contribution in [1.29, 1.82) is 0 Å². The van der Waals surface area contributed by atoms with Crippen molar-refractivity contribution in [2.75, 3.05) is 53.1 Å². The van der Waals surface area contributed by atoms with E-state index in [-0.39, 0.29) is 43.5 Å². The number of carbonyl (C=O) groups excluding carboxylic acids is 3. The number of rotatable bonds is 13. The second-order valence-electron chi connectivity index (χ2n) is 10.9. The van der Waals surface area contributed by atoms with Crippen LogP contribution >= 0.6 is 0 Å². The fourth-order valence-electron chi connectivity index (χ4n) is 5.98. The number of carboxylic acid groups (broad SMARTS) is 1. The monoisotopic (exact) mass is 558 g/mol. The highest BCUT2D eigenvalue weighted by Crippen LogP contribution is 2.42. The summed E-state index contributed by atoms with van der Waals surface area (Å²) in [6, 6.07) is 4.68. The van der Waals surface area contributed by atoms with Crippen molar-refractivity contribution in [2.24, 2.45) is 5.92 Å². The Morgan fingerprint density at radius 2 is 1.77 bits per heavy atom. The summed E-state index contributed by atoms with van der Waals surface area (Å²) < 4.78 is 11.0. The van der Waals surface area contributed by atoms with Crippen molar-refractivity contribution in [3.63, 3.8) is 0 Å². The van der Waals surface area contributed by atoms with Gasteiger partial charge in [0.15, 0.2) is 11.5 Å². The molecule has 1 N–H and O–H groups in total. The summed E-state index contributed by atoms with van der Waals surface area (Å²) in [5.41, 5.74) is 0.824. The fourth-order valence-corrected chi connectivity index (χ4v) is 5.98. The average Bonchev–Trinajstić information content (AvgIpc) is 3.55. The number of unbranched alkanes of at least 4 members (excludes halogenated alkanes) is 2. The molecule has 3 aliphatic heterocycles. The molecule has 11 nitrogen and oxygen atoms in total. The molecule has 1 aromatic rings. The number of likely N-dealkylation sites (tertiary alicyclic amines) is 1. The molecule has 4 amide bonds. The SMILES string of the molecule is CCCCN(CCCC)C(=O)CN1C[C@H](c2ccc3c(c2)OCO3)[C@@H](C(=O)O)[C@@H]1CCN1CCC(=O)N(C)C1=O. The number of nitrogens with zero attached hydrogens (tertiary/aromatic N) is 4. The molecule has 2 saturated heterocycles. The van der Waals surface area contributed by atoms with Crippen molar-refractivity contribution in [3.8, 4) is 11.5 Å². The molecule has 2 fully saturated rings. The lowest BCUT2D eigenvalue weighted by atomic mass is 9.84. The van der Waals surface area contributed by atoms with Gasteiger partial charge in [0.25, 0.3) is 0 Å². The predicted molar refractivity (Wildman–Crippen MR) is 147 cm³/mol. The van der Waals surface area contributed by atoms with Gasteiger partial charge in [-0.15, -0.1) is 0 Å². The van der Waals surface area contributed by atoms with Gasteiger partial charge in [-0.05, 0) is 37.0 Å². The zero-order valence-corrected chi connectivity index (χ0v) is 23.8. The number of benzene rings is 1. The lowest BCUT2D eigenvalue weighted by molar-refractivity contribution is -0.144. The summed E-state index contributed by atoms with van der Waals surface area (Å²) in [7, 11) is 1.47. The van der Waals surface area contributed by atoms with Gasteiger partial charge in [-0.2, -0.15) is 0 Å². The number of amides is 4. The van der Waals surface area contributed by atoms with Crippen LogP contribution in [0.4, 0.5) is 4.79 Å². The molecule has 220 valence electrons. The number of fused-ring (bicyclic) bond motifs is 1. The van der Waals surface area contributed by atoms with Crippen LogP contribution in [-0.4, -0.2) is 108 Å². The number of aliphatic carboxylic acids is 1. The van der Waals surface area contributed by atoms with Crippen molar-refractivity contribution >= 4 is 23.8 Å². The second-order valence-corrected chi connectivity index (χ2v) is 10.9. The molecule has 3 aliphatic rings. The van der Waals surface area contributed by atoms with E-state index in [0.29, 0.717) is 50.6 Å². The summed E-state index contributed by atoms with van der Waals surface area (Å²) in [5, 5.41) is 10.5. The molecule has 0 bridgehead atoms. The van der Waals surface area contributed by atoms with E-state index in [1.807, 2.05) is 21.9 Å². The van der Waals surface area contributed by atoms with E-state index in [1.54, 1.807) is 11.0 Å².